The quantitative estimate of drug-likeness (QED) is 0.615. The van der Waals surface area contributed by atoms with Crippen molar-refractivity contribution in [1.29, 1.82) is 0 Å². The van der Waals surface area contributed by atoms with Crippen LogP contribution in [0.3, 0.4) is 0 Å². The van der Waals surface area contributed by atoms with Gasteiger partial charge in [-0.25, -0.2) is 0 Å². The van der Waals surface area contributed by atoms with E-state index in [1.54, 1.807) is 12.1 Å². The van der Waals surface area contributed by atoms with Gasteiger partial charge in [0.1, 0.15) is 5.75 Å². The van der Waals surface area contributed by atoms with Gasteiger partial charge in [-0.05, 0) is 42.3 Å². The number of hydrogen-bond acceptors (Lipinski definition) is 3. The Balaban J connectivity index is 1.64. The molecule has 1 heterocycles. The molecule has 29 heavy (non-hydrogen) atoms. The fraction of sp³-hybridized carbons (Fsp3) is 0.182. The van der Waals surface area contributed by atoms with E-state index in [1.165, 1.54) is 14.0 Å². The molecule has 0 atom stereocenters. The standard InChI is InChI=1S/C22H22ClN3O3/c1-15(27)25-17-7-5-16(6-8-17)9-10-24-22(28)18-13-19(23)20(14-21(18)29-2)26-11-3-4-12-26/h3-8,11-14H,9-10H2,1-2H3,(H,24,28)(H,25,27). The zero-order chi connectivity index (χ0) is 20.8. The molecule has 2 N–H and O–H groups in total. The van der Waals surface area contributed by atoms with Gasteiger partial charge in [-0.1, -0.05) is 23.7 Å². The molecule has 0 unspecified atom stereocenters. The van der Waals surface area contributed by atoms with Crippen LogP contribution >= 0.6 is 11.6 Å². The van der Waals surface area contributed by atoms with Gasteiger partial charge in [0.05, 0.1) is 23.4 Å². The number of nitrogens with one attached hydrogen (secondary N) is 2. The first-order chi connectivity index (χ1) is 14.0. The number of ether oxygens (including phenoxy) is 1. The Kier molecular flexibility index (Phi) is 6.57. The van der Waals surface area contributed by atoms with Gasteiger partial charge in [0.2, 0.25) is 5.91 Å². The number of halogens is 1. The van der Waals surface area contributed by atoms with Crippen molar-refractivity contribution < 1.29 is 14.3 Å². The summed E-state index contributed by atoms with van der Waals surface area (Å²) in [4.78, 5) is 23.7. The molecule has 2 aromatic carbocycles. The van der Waals surface area contributed by atoms with Gasteiger partial charge in [0.15, 0.2) is 0 Å². The molecule has 0 saturated heterocycles. The van der Waals surface area contributed by atoms with E-state index in [-0.39, 0.29) is 11.8 Å². The monoisotopic (exact) mass is 411 g/mol. The van der Waals surface area contributed by atoms with E-state index in [9.17, 15) is 9.59 Å². The van der Waals surface area contributed by atoms with Crippen LogP contribution in [-0.4, -0.2) is 30.0 Å². The highest BCUT2D eigenvalue weighted by Crippen LogP contribution is 2.30. The number of carbonyl (C=O) groups excluding carboxylic acids is 2. The highest BCUT2D eigenvalue weighted by molar-refractivity contribution is 6.33. The molecule has 0 bridgehead atoms. The number of carbonyl (C=O) groups is 2. The zero-order valence-corrected chi connectivity index (χ0v) is 17.0. The van der Waals surface area contributed by atoms with Gasteiger partial charge in [-0.2, -0.15) is 0 Å². The van der Waals surface area contributed by atoms with E-state index < -0.39 is 0 Å². The molecule has 0 spiro atoms. The highest BCUT2D eigenvalue weighted by atomic mass is 35.5. The number of rotatable bonds is 7. The maximum absolute atomic E-state index is 12.6. The summed E-state index contributed by atoms with van der Waals surface area (Å²) in [5.74, 6) is 0.0911. The summed E-state index contributed by atoms with van der Waals surface area (Å²) in [6.07, 6.45) is 4.40. The Labute approximate surface area is 174 Å². The van der Waals surface area contributed by atoms with E-state index >= 15 is 0 Å². The molecule has 0 aliphatic rings. The Bertz CT molecular complexity index is 999. The summed E-state index contributed by atoms with van der Waals surface area (Å²) >= 11 is 6.39. The van der Waals surface area contributed by atoms with Crippen molar-refractivity contribution in [3.05, 3.63) is 77.1 Å². The molecule has 0 radical (unpaired) electrons. The third-order valence-electron chi connectivity index (χ3n) is 4.37. The molecular weight excluding hydrogens is 390 g/mol. The average Bonchev–Trinajstić information content (AvgIpc) is 3.23. The lowest BCUT2D eigenvalue weighted by Crippen LogP contribution is -2.26. The number of anilines is 1. The van der Waals surface area contributed by atoms with Crippen molar-refractivity contribution in [3.63, 3.8) is 0 Å². The topological polar surface area (TPSA) is 72.4 Å². The second-order valence-electron chi connectivity index (χ2n) is 6.48. The van der Waals surface area contributed by atoms with E-state index in [1.807, 2.05) is 53.4 Å². The van der Waals surface area contributed by atoms with Gasteiger partial charge in [0.25, 0.3) is 5.91 Å². The molecule has 2 amide bonds. The number of benzene rings is 2. The van der Waals surface area contributed by atoms with Crippen molar-refractivity contribution in [2.45, 2.75) is 13.3 Å². The van der Waals surface area contributed by atoms with E-state index in [4.69, 9.17) is 16.3 Å². The Hall–Kier alpha value is -3.25. The molecule has 150 valence electrons. The molecule has 7 heteroatoms. The van der Waals surface area contributed by atoms with Crippen LogP contribution in [0.5, 0.6) is 5.75 Å². The second kappa shape index (κ2) is 9.30. The Morgan fingerprint density at radius 2 is 1.79 bits per heavy atom. The van der Waals surface area contributed by atoms with E-state index in [0.717, 1.165) is 16.9 Å². The average molecular weight is 412 g/mol. The van der Waals surface area contributed by atoms with Gasteiger partial charge in [-0.15, -0.1) is 0 Å². The maximum Gasteiger partial charge on any atom is 0.255 e. The molecule has 3 aromatic rings. The number of nitrogens with zero attached hydrogens (tertiary/aromatic N) is 1. The molecule has 0 aliphatic heterocycles. The third-order valence-corrected chi connectivity index (χ3v) is 4.67. The van der Waals surface area contributed by atoms with Crippen LogP contribution in [0.25, 0.3) is 5.69 Å². The SMILES string of the molecule is COc1cc(-n2cccc2)c(Cl)cc1C(=O)NCCc1ccc(NC(C)=O)cc1. The lowest BCUT2D eigenvalue weighted by molar-refractivity contribution is -0.114. The van der Waals surface area contributed by atoms with Crippen LogP contribution in [0, 0.1) is 0 Å². The van der Waals surface area contributed by atoms with Crippen LogP contribution < -0.4 is 15.4 Å². The molecule has 0 saturated carbocycles. The molecule has 1 aromatic heterocycles. The predicted octanol–water partition coefficient (Wildman–Crippen LogP) is 4.07. The van der Waals surface area contributed by atoms with E-state index in [0.29, 0.717) is 29.3 Å². The van der Waals surface area contributed by atoms with Crippen molar-refractivity contribution in [1.82, 2.24) is 9.88 Å². The predicted molar refractivity (Wildman–Crippen MR) is 114 cm³/mol. The molecule has 6 nitrogen and oxygen atoms in total. The summed E-state index contributed by atoms with van der Waals surface area (Å²) in [5, 5.41) is 6.08. The maximum atomic E-state index is 12.6. The molecule has 3 rings (SSSR count). The third kappa shape index (κ3) is 5.18. The lowest BCUT2D eigenvalue weighted by atomic mass is 10.1. The minimum atomic E-state index is -0.252. The fourth-order valence-corrected chi connectivity index (χ4v) is 3.22. The van der Waals surface area contributed by atoms with Crippen molar-refractivity contribution in [2.75, 3.05) is 19.0 Å². The first kappa shape index (κ1) is 20.5. The summed E-state index contributed by atoms with van der Waals surface area (Å²) in [5.41, 5.74) is 2.92. The largest absolute Gasteiger partial charge is 0.496 e. The number of amides is 2. The lowest BCUT2D eigenvalue weighted by Gasteiger charge is -2.14. The van der Waals surface area contributed by atoms with Gasteiger partial charge >= 0.3 is 0 Å². The second-order valence-corrected chi connectivity index (χ2v) is 6.89. The van der Waals surface area contributed by atoms with Crippen molar-refractivity contribution >= 4 is 29.1 Å². The Morgan fingerprint density at radius 3 is 2.41 bits per heavy atom. The highest BCUT2D eigenvalue weighted by Gasteiger charge is 2.16. The van der Waals surface area contributed by atoms with Gasteiger partial charge in [0, 0.05) is 37.6 Å². The smallest absolute Gasteiger partial charge is 0.255 e. The molecule has 0 fully saturated rings. The summed E-state index contributed by atoms with van der Waals surface area (Å²) < 4.78 is 7.26. The zero-order valence-electron chi connectivity index (χ0n) is 16.2. The first-order valence-corrected chi connectivity index (χ1v) is 9.51. The van der Waals surface area contributed by atoms with Gasteiger partial charge in [-0.3, -0.25) is 9.59 Å². The number of aromatic nitrogens is 1. The summed E-state index contributed by atoms with van der Waals surface area (Å²) in [6, 6.07) is 14.7. The van der Waals surface area contributed by atoms with Crippen molar-refractivity contribution in [3.8, 4) is 11.4 Å². The molecular formula is C22H22ClN3O3. The van der Waals surface area contributed by atoms with Crippen LogP contribution in [0.4, 0.5) is 5.69 Å². The summed E-state index contributed by atoms with van der Waals surface area (Å²) in [7, 11) is 1.52. The van der Waals surface area contributed by atoms with Crippen LogP contribution in [0.2, 0.25) is 5.02 Å². The normalized spacial score (nSPS) is 10.4. The Morgan fingerprint density at radius 1 is 1.10 bits per heavy atom. The first-order valence-electron chi connectivity index (χ1n) is 9.13. The number of methoxy groups -OCH3 is 1. The molecule has 0 aliphatic carbocycles. The van der Waals surface area contributed by atoms with E-state index in [2.05, 4.69) is 10.6 Å². The summed E-state index contributed by atoms with van der Waals surface area (Å²) in [6.45, 7) is 1.92. The van der Waals surface area contributed by atoms with Crippen molar-refractivity contribution in [2.24, 2.45) is 0 Å². The fourth-order valence-electron chi connectivity index (χ4n) is 2.96. The van der Waals surface area contributed by atoms with Crippen LogP contribution in [0.1, 0.15) is 22.8 Å². The van der Waals surface area contributed by atoms with Gasteiger partial charge < -0.3 is 19.9 Å². The minimum absolute atomic E-state index is 0.111. The van der Waals surface area contributed by atoms with Crippen LogP contribution in [0.15, 0.2) is 60.9 Å². The van der Waals surface area contributed by atoms with Crippen LogP contribution in [-0.2, 0) is 11.2 Å². The number of hydrogen-bond donors (Lipinski definition) is 2. The minimum Gasteiger partial charge on any atom is -0.496 e.